The first-order valence-corrected chi connectivity index (χ1v) is 11.4. The monoisotopic (exact) mass is 442 g/mol. The van der Waals surface area contributed by atoms with Crippen molar-refractivity contribution in [2.45, 2.75) is 25.2 Å². The molecule has 2 heterocycles. The molecule has 2 aliphatic heterocycles. The molecule has 3 aromatic carbocycles. The van der Waals surface area contributed by atoms with Crippen molar-refractivity contribution in [2.75, 3.05) is 26.7 Å². The molecule has 0 spiro atoms. The number of nitrogens with zero attached hydrogens (tertiary/aromatic N) is 2. The first-order valence-electron chi connectivity index (χ1n) is 11.4. The van der Waals surface area contributed by atoms with Crippen molar-refractivity contribution in [3.05, 3.63) is 77.4 Å². The summed E-state index contributed by atoms with van der Waals surface area (Å²) >= 11 is 0. The molecule has 168 valence electrons. The van der Waals surface area contributed by atoms with Crippen molar-refractivity contribution in [1.29, 1.82) is 0 Å². The summed E-state index contributed by atoms with van der Waals surface area (Å²) in [5, 5.41) is 1.62. The van der Waals surface area contributed by atoms with E-state index in [1.54, 1.807) is 19.2 Å². The molecule has 0 N–H and O–H groups in total. The zero-order valence-electron chi connectivity index (χ0n) is 18.6. The van der Waals surface area contributed by atoms with Gasteiger partial charge in [0.15, 0.2) is 0 Å². The minimum Gasteiger partial charge on any atom is -0.497 e. The molecule has 2 aliphatic rings. The number of hydrogen-bond donors (Lipinski definition) is 0. The number of rotatable bonds is 6. The van der Waals surface area contributed by atoms with Crippen molar-refractivity contribution in [1.82, 2.24) is 9.80 Å². The second kappa shape index (κ2) is 8.70. The molecule has 33 heavy (non-hydrogen) atoms. The molecule has 1 fully saturated rings. The highest BCUT2D eigenvalue weighted by atomic mass is 16.5. The van der Waals surface area contributed by atoms with Crippen LogP contribution in [0.3, 0.4) is 0 Å². The quantitative estimate of drug-likeness (QED) is 0.536. The molecular formula is C27H26N2O4. The van der Waals surface area contributed by atoms with E-state index in [1.807, 2.05) is 41.3 Å². The Hall–Kier alpha value is -3.67. The maximum absolute atomic E-state index is 13.0. The zero-order valence-corrected chi connectivity index (χ0v) is 18.6. The maximum Gasteiger partial charge on any atom is 0.261 e. The second-order valence-corrected chi connectivity index (χ2v) is 8.67. The largest absolute Gasteiger partial charge is 0.497 e. The Bertz CT molecular complexity index is 1180. The minimum atomic E-state index is -0.280. The maximum atomic E-state index is 13.0. The fourth-order valence-electron chi connectivity index (χ4n) is 4.97. The third-order valence-electron chi connectivity index (χ3n) is 6.76. The van der Waals surface area contributed by atoms with Gasteiger partial charge in [0.2, 0.25) is 5.91 Å². The van der Waals surface area contributed by atoms with Gasteiger partial charge >= 0.3 is 0 Å². The molecule has 0 aliphatic carbocycles. The summed E-state index contributed by atoms with van der Waals surface area (Å²) in [6, 6.07) is 19.0. The predicted octanol–water partition coefficient (Wildman–Crippen LogP) is 4.24. The number of ether oxygens (including phenoxy) is 1. The zero-order chi connectivity index (χ0) is 22.9. The molecule has 0 bridgehead atoms. The number of carbonyl (C=O) groups is 3. The lowest BCUT2D eigenvalue weighted by molar-refractivity contribution is -0.130. The molecule has 6 heteroatoms. The van der Waals surface area contributed by atoms with Gasteiger partial charge in [0.05, 0.1) is 7.11 Å². The van der Waals surface area contributed by atoms with Gasteiger partial charge in [-0.25, -0.2) is 0 Å². The normalized spacial score (nSPS) is 17.7. The Morgan fingerprint density at radius 1 is 0.970 bits per heavy atom. The molecule has 1 atom stereocenters. The van der Waals surface area contributed by atoms with Gasteiger partial charge in [0.25, 0.3) is 11.8 Å². The summed E-state index contributed by atoms with van der Waals surface area (Å²) in [7, 11) is 1.65. The van der Waals surface area contributed by atoms with Crippen LogP contribution < -0.4 is 4.74 Å². The van der Waals surface area contributed by atoms with Gasteiger partial charge in [0, 0.05) is 48.5 Å². The standard InChI is InChI=1S/C27H26N2O4/c1-33-21-12-10-18(11-13-21)20-14-16-28(17-20)24(30)9-4-15-29-26(31)22-7-2-5-19-6-3-8-23(25(19)22)27(29)32/h2-3,5-8,10-13,20H,4,9,14-17H2,1H3. The van der Waals surface area contributed by atoms with Gasteiger partial charge in [-0.1, -0.05) is 36.4 Å². The average Bonchev–Trinajstić information content (AvgIpc) is 3.35. The molecule has 1 saturated heterocycles. The first-order chi connectivity index (χ1) is 16.1. The summed E-state index contributed by atoms with van der Waals surface area (Å²) in [6.07, 6.45) is 1.71. The van der Waals surface area contributed by atoms with Crippen LogP contribution in [-0.2, 0) is 4.79 Å². The molecule has 3 aromatic rings. The molecular weight excluding hydrogens is 416 g/mol. The molecule has 0 saturated carbocycles. The fraction of sp³-hybridized carbons (Fsp3) is 0.296. The number of benzene rings is 3. The van der Waals surface area contributed by atoms with Crippen molar-refractivity contribution in [3.63, 3.8) is 0 Å². The van der Waals surface area contributed by atoms with Crippen LogP contribution in [0.15, 0.2) is 60.7 Å². The van der Waals surface area contributed by atoms with Gasteiger partial charge in [-0.05, 0) is 48.1 Å². The molecule has 6 nitrogen and oxygen atoms in total. The summed E-state index contributed by atoms with van der Waals surface area (Å²) in [4.78, 5) is 42.0. The van der Waals surface area contributed by atoms with Gasteiger partial charge in [-0.2, -0.15) is 0 Å². The van der Waals surface area contributed by atoms with E-state index in [9.17, 15) is 14.4 Å². The Balaban J connectivity index is 1.19. The molecule has 1 unspecified atom stereocenters. The van der Waals surface area contributed by atoms with Crippen molar-refractivity contribution >= 4 is 28.5 Å². The number of carbonyl (C=O) groups excluding carboxylic acids is 3. The Kier molecular flexibility index (Phi) is 5.58. The number of amides is 3. The van der Waals surface area contributed by atoms with Crippen LogP contribution >= 0.6 is 0 Å². The van der Waals surface area contributed by atoms with Crippen molar-refractivity contribution in [3.8, 4) is 5.75 Å². The van der Waals surface area contributed by atoms with E-state index in [0.29, 0.717) is 36.4 Å². The van der Waals surface area contributed by atoms with Crippen LogP contribution in [0.5, 0.6) is 5.75 Å². The molecule has 0 aromatic heterocycles. The van der Waals surface area contributed by atoms with E-state index in [4.69, 9.17) is 4.74 Å². The number of imide groups is 1. The van der Waals surface area contributed by atoms with E-state index in [2.05, 4.69) is 12.1 Å². The summed E-state index contributed by atoms with van der Waals surface area (Å²) < 4.78 is 5.22. The van der Waals surface area contributed by atoms with Gasteiger partial charge in [-0.3, -0.25) is 19.3 Å². The van der Waals surface area contributed by atoms with Gasteiger partial charge < -0.3 is 9.64 Å². The number of likely N-dealkylation sites (tertiary alicyclic amines) is 1. The van der Waals surface area contributed by atoms with E-state index in [-0.39, 0.29) is 24.3 Å². The lowest BCUT2D eigenvalue weighted by atomic mass is 9.94. The van der Waals surface area contributed by atoms with Crippen molar-refractivity contribution < 1.29 is 19.1 Å². The lowest BCUT2D eigenvalue weighted by Crippen LogP contribution is -2.41. The lowest BCUT2D eigenvalue weighted by Gasteiger charge is -2.27. The highest BCUT2D eigenvalue weighted by molar-refractivity contribution is 6.25. The molecule has 5 rings (SSSR count). The van der Waals surface area contributed by atoms with E-state index < -0.39 is 0 Å². The van der Waals surface area contributed by atoms with Crippen LogP contribution in [0.25, 0.3) is 10.8 Å². The van der Waals surface area contributed by atoms with E-state index in [1.165, 1.54) is 10.5 Å². The van der Waals surface area contributed by atoms with Crippen LogP contribution in [0.2, 0.25) is 0 Å². The predicted molar refractivity (Wildman–Crippen MR) is 125 cm³/mol. The second-order valence-electron chi connectivity index (χ2n) is 8.67. The minimum absolute atomic E-state index is 0.0745. The Morgan fingerprint density at radius 2 is 1.64 bits per heavy atom. The van der Waals surface area contributed by atoms with Gasteiger partial charge in [-0.15, -0.1) is 0 Å². The smallest absolute Gasteiger partial charge is 0.261 e. The topological polar surface area (TPSA) is 66.9 Å². The highest BCUT2D eigenvalue weighted by Gasteiger charge is 2.33. The Morgan fingerprint density at radius 3 is 2.27 bits per heavy atom. The average molecular weight is 443 g/mol. The van der Waals surface area contributed by atoms with Crippen LogP contribution in [-0.4, -0.2) is 54.3 Å². The molecule has 3 amide bonds. The number of methoxy groups -OCH3 is 1. The van der Waals surface area contributed by atoms with Crippen molar-refractivity contribution in [2.24, 2.45) is 0 Å². The van der Waals surface area contributed by atoms with Gasteiger partial charge in [0.1, 0.15) is 5.75 Å². The van der Waals surface area contributed by atoms with E-state index >= 15 is 0 Å². The third kappa shape index (κ3) is 3.86. The first kappa shape index (κ1) is 21.2. The van der Waals surface area contributed by atoms with Crippen LogP contribution in [0, 0.1) is 0 Å². The SMILES string of the molecule is COc1ccc(C2CCN(C(=O)CCCN3C(=O)c4cccc5cccc(c45)C3=O)C2)cc1. The van der Waals surface area contributed by atoms with E-state index in [0.717, 1.165) is 29.5 Å². The summed E-state index contributed by atoms with van der Waals surface area (Å²) in [6.45, 7) is 1.67. The highest BCUT2D eigenvalue weighted by Crippen LogP contribution is 2.31. The fourth-order valence-corrected chi connectivity index (χ4v) is 4.97. The number of hydrogen-bond acceptors (Lipinski definition) is 4. The van der Waals surface area contributed by atoms with Crippen LogP contribution in [0.4, 0.5) is 0 Å². The summed E-state index contributed by atoms with van der Waals surface area (Å²) in [5.74, 6) is 0.660. The Labute approximate surface area is 192 Å². The third-order valence-corrected chi connectivity index (χ3v) is 6.76. The summed E-state index contributed by atoms with van der Waals surface area (Å²) in [5.41, 5.74) is 2.32. The van der Waals surface area contributed by atoms with Crippen LogP contribution in [0.1, 0.15) is 51.5 Å². The molecule has 0 radical (unpaired) electrons.